The van der Waals surface area contributed by atoms with Crippen molar-refractivity contribution >= 4 is 32.7 Å². The minimum Gasteiger partial charge on any atom is -0.296 e. The quantitative estimate of drug-likeness (QED) is 0.199. The molecule has 0 N–H and O–H groups in total. The fourth-order valence-corrected chi connectivity index (χ4v) is 6.31. The van der Waals surface area contributed by atoms with Crippen molar-refractivity contribution < 1.29 is 0 Å². The number of aryl methyl sites for hydroxylation is 1. The Balaban J connectivity index is 1.32. The second kappa shape index (κ2) is 10.4. The van der Waals surface area contributed by atoms with Crippen LogP contribution in [0.5, 0.6) is 0 Å². The molecule has 3 nitrogen and oxygen atoms in total. The molecule has 8 rings (SSSR count). The molecular formula is C40H29N3. The summed E-state index contributed by atoms with van der Waals surface area (Å²) in [5.41, 5.74) is 11.2. The van der Waals surface area contributed by atoms with E-state index in [1.807, 2.05) is 6.07 Å². The Hall–Kier alpha value is -5.54. The lowest BCUT2D eigenvalue weighted by molar-refractivity contribution is 0.908. The molecule has 0 radical (unpaired) electrons. The standard InChI is InChI=1S/C40H29N3/c1-2-38-41-36-18-9-10-19-37(36)43(38)31-23-20-27(21-24-31)30-22-25-35-34(26-30)39-32(28-12-5-3-6-13-28)16-11-17-33(39)40(42-35)29-14-7-4-8-15-29/h3-26H,2H2,1H3. The number of aromatic nitrogens is 3. The summed E-state index contributed by atoms with van der Waals surface area (Å²) in [6.07, 6.45) is 0.871. The highest BCUT2D eigenvalue weighted by Crippen LogP contribution is 2.40. The number of benzene rings is 6. The Labute approximate surface area is 250 Å². The van der Waals surface area contributed by atoms with Crippen LogP contribution in [0, 0.1) is 0 Å². The molecule has 0 spiro atoms. The molecule has 6 aromatic carbocycles. The summed E-state index contributed by atoms with van der Waals surface area (Å²) >= 11 is 0. The van der Waals surface area contributed by atoms with Crippen molar-refractivity contribution in [2.75, 3.05) is 0 Å². The van der Waals surface area contributed by atoms with E-state index in [2.05, 4.69) is 151 Å². The molecule has 0 aliphatic rings. The average molecular weight is 552 g/mol. The minimum atomic E-state index is 0.871. The molecule has 204 valence electrons. The van der Waals surface area contributed by atoms with Crippen molar-refractivity contribution in [1.82, 2.24) is 14.5 Å². The maximum atomic E-state index is 5.23. The lowest BCUT2D eigenvalue weighted by Crippen LogP contribution is -1.99. The number of rotatable bonds is 5. The van der Waals surface area contributed by atoms with Gasteiger partial charge < -0.3 is 0 Å². The van der Waals surface area contributed by atoms with E-state index in [-0.39, 0.29) is 0 Å². The average Bonchev–Trinajstić information content (AvgIpc) is 3.47. The normalized spacial score (nSPS) is 11.5. The van der Waals surface area contributed by atoms with Crippen LogP contribution in [0.25, 0.3) is 71.9 Å². The molecule has 0 fully saturated rings. The SMILES string of the molecule is CCc1nc2ccccc2n1-c1ccc(-c2ccc3nc(-c4ccccc4)c4cccc(-c5ccccc5)c4c3c2)cc1. The van der Waals surface area contributed by atoms with Crippen LogP contribution in [0.15, 0.2) is 146 Å². The molecule has 0 unspecified atom stereocenters. The molecule has 0 amide bonds. The molecule has 2 aromatic heterocycles. The zero-order valence-corrected chi connectivity index (χ0v) is 23.9. The van der Waals surface area contributed by atoms with Gasteiger partial charge in [0.05, 0.1) is 22.2 Å². The molecule has 43 heavy (non-hydrogen) atoms. The number of hydrogen-bond acceptors (Lipinski definition) is 2. The zero-order valence-electron chi connectivity index (χ0n) is 23.9. The summed E-state index contributed by atoms with van der Waals surface area (Å²) in [4.78, 5) is 10.1. The van der Waals surface area contributed by atoms with E-state index in [1.54, 1.807) is 0 Å². The van der Waals surface area contributed by atoms with Crippen LogP contribution in [0.3, 0.4) is 0 Å². The van der Waals surface area contributed by atoms with E-state index >= 15 is 0 Å². The first-order valence-electron chi connectivity index (χ1n) is 14.8. The van der Waals surface area contributed by atoms with Crippen LogP contribution in [-0.4, -0.2) is 14.5 Å². The van der Waals surface area contributed by atoms with Crippen LogP contribution in [0.1, 0.15) is 12.7 Å². The van der Waals surface area contributed by atoms with Crippen molar-refractivity contribution in [3.05, 3.63) is 151 Å². The topological polar surface area (TPSA) is 30.7 Å². The summed E-state index contributed by atoms with van der Waals surface area (Å²) in [7, 11) is 0. The van der Waals surface area contributed by atoms with Crippen LogP contribution in [0.4, 0.5) is 0 Å². The number of para-hydroxylation sites is 2. The fourth-order valence-electron chi connectivity index (χ4n) is 6.31. The van der Waals surface area contributed by atoms with Gasteiger partial charge in [-0.25, -0.2) is 9.97 Å². The van der Waals surface area contributed by atoms with Crippen molar-refractivity contribution in [3.8, 4) is 39.2 Å². The lowest BCUT2D eigenvalue weighted by atomic mass is 9.91. The number of nitrogens with zero attached hydrogens (tertiary/aromatic N) is 3. The highest BCUT2D eigenvalue weighted by atomic mass is 15.1. The number of hydrogen-bond donors (Lipinski definition) is 0. The molecule has 0 atom stereocenters. The van der Waals surface area contributed by atoms with E-state index in [9.17, 15) is 0 Å². The van der Waals surface area contributed by atoms with Gasteiger partial charge in [-0.15, -0.1) is 0 Å². The maximum absolute atomic E-state index is 5.23. The molecule has 2 heterocycles. The van der Waals surface area contributed by atoms with Gasteiger partial charge in [-0.2, -0.15) is 0 Å². The lowest BCUT2D eigenvalue weighted by Gasteiger charge is -2.15. The summed E-state index contributed by atoms with van der Waals surface area (Å²) in [5.74, 6) is 1.07. The first-order valence-corrected chi connectivity index (χ1v) is 14.8. The Morgan fingerprint density at radius 2 is 1.21 bits per heavy atom. The predicted octanol–water partition coefficient (Wildman–Crippen LogP) is 10.3. The largest absolute Gasteiger partial charge is 0.296 e. The molecule has 0 bridgehead atoms. The highest BCUT2D eigenvalue weighted by Gasteiger charge is 2.16. The first-order chi connectivity index (χ1) is 21.3. The predicted molar refractivity (Wildman–Crippen MR) is 180 cm³/mol. The van der Waals surface area contributed by atoms with Crippen LogP contribution >= 0.6 is 0 Å². The zero-order chi connectivity index (χ0) is 28.8. The van der Waals surface area contributed by atoms with Gasteiger partial charge in [0.1, 0.15) is 5.82 Å². The van der Waals surface area contributed by atoms with E-state index in [4.69, 9.17) is 9.97 Å². The Morgan fingerprint density at radius 1 is 0.512 bits per heavy atom. The molecule has 0 saturated carbocycles. The number of pyridine rings is 1. The van der Waals surface area contributed by atoms with Crippen LogP contribution in [-0.2, 0) is 6.42 Å². The van der Waals surface area contributed by atoms with Gasteiger partial charge in [-0.3, -0.25) is 4.57 Å². The van der Waals surface area contributed by atoms with Crippen molar-refractivity contribution in [2.24, 2.45) is 0 Å². The Bertz CT molecular complexity index is 2250. The second-order valence-electron chi connectivity index (χ2n) is 10.9. The van der Waals surface area contributed by atoms with Gasteiger partial charge in [0.15, 0.2) is 0 Å². The third-order valence-electron chi connectivity index (χ3n) is 8.36. The molecule has 0 saturated heterocycles. The van der Waals surface area contributed by atoms with Crippen molar-refractivity contribution in [3.63, 3.8) is 0 Å². The highest BCUT2D eigenvalue weighted by molar-refractivity contribution is 6.17. The Morgan fingerprint density at radius 3 is 1.98 bits per heavy atom. The van der Waals surface area contributed by atoms with Gasteiger partial charge in [0, 0.05) is 33.8 Å². The number of fused-ring (bicyclic) bond motifs is 4. The summed E-state index contributed by atoms with van der Waals surface area (Å²) in [5, 5.41) is 3.55. The maximum Gasteiger partial charge on any atom is 0.114 e. The minimum absolute atomic E-state index is 0.871. The summed E-state index contributed by atoms with van der Waals surface area (Å²) in [6.45, 7) is 2.16. The van der Waals surface area contributed by atoms with E-state index in [1.165, 1.54) is 27.6 Å². The van der Waals surface area contributed by atoms with Crippen LogP contribution < -0.4 is 0 Å². The van der Waals surface area contributed by atoms with Crippen molar-refractivity contribution in [2.45, 2.75) is 13.3 Å². The smallest absolute Gasteiger partial charge is 0.114 e. The van der Waals surface area contributed by atoms with Gasteiger partial charge in [0.2, 0.25) is 0 Å². The van der Waals surface area contributed by atoms with E-state index in [0.29, 0.717) is 0 Å². The summed E-state index contributed by atoms with van der Waals surface area (Å²) in [6, 6.07) is 51.6. The van der Waals surface area contributed by atoms with Gasteiger partial charge in [-0.1, -0.05) is 116 Å². The third-order valence-corrected chi connectivity index (χ3v) is 8.36. The molecule has 3 heteroatoms. The van der Waals surface area contributed by atoms with Gasteiger partial charge in [0.25, 0.3) is 0 Å². The first kappa shape index (κ1) is 25.2. The van der Waals surface area contributed by atoms with E-state index in [0.717, 1.165) is 56.5 Å². The number of imidazole rings is 1. The van der Waals surface area contributed by atoms with Gasteiger partial charge in [-0.05, 0) is 58.7 Å². The summed E-state index contributed by atoms with van der Waals surface area (Å²) < 4.78 is 2.27. The third kappa shape index (κ3) is 4.29. The second-order valence-corrected chi connectivity index (χ2v) is 10.9. The Kier molecular flexibility index (Phi) is 6.08. The molecule has 0 aliphatic heterocycles. The molecule has 0 aliphatic carbocycles. The fraction of sp³-hybridized carbons (Fsp3) is 0.0500. The monoisotopic (exact) mass is 551 g/mol. The van der Waals surface area contributed by atoms with Gasteiger partial charge >= 0.3 is 0 Å². The van der Waals surface area contributed by atoms with Crippen molar-refractivity contribution in [1.29, 1.82) is 0 Å². The van der Waals surface area contributed by atoms with Crippen LogP contribution in [0.2, 0.25) is 0 Å². The van der Waals surface area contributed by atoms with E-state index < -0.39 is 0 Å². The molecule has 8 aromatic rings. The molecular weight excluding hydrogens is 522 g/mol.